The predicted octanol–water partition coefficient (Wildman–Crippen LogP) is -2.21. The molecule has 12 heteroatoms. The molecule has 0 saturated carbocycles. The number of fused-ring (bicyclic) bond motifs is 1. The van der Waals surface area contributed by atoms with E-state index in [4.69, 9.17) is 15.6 Å². The van der Waals surface area contributed by atoms with Gasteiger partial charge in [0.1, 0.15) is 24.6 Å². The molecule has 3 aromatic heterocycles. The zero-order valence-electron chi connectivity index (χ0n) is 13.4. The third-order valence-electron chi connectivity index (χ3n) is 3.72. The Morgan fingerprint density at radius 2 is 2.00 bits per heavy atom. The average molecular weight is 363 g/mol. The zero-order valence-corrected chi connectivity index (χ0v) is 13.4. The molecule has 6 N–H and O–H groups in total. The highest BCUT2D eigenvalue weighted by molar-refractivity contribution is 5.70. The smallest absolute Gasteiger partial charge is 0.280 e. The van der Waals surface area contributed by atoms with Gasteiger partial charge in [0.25, 0.3) is 5.56 Å². The Hall–Kier alpha value is -2.93. The molecule has 0 spiro atoms. The second kappa shape index (κ2) is 7.53. The number of imidazole rings is 1. The second-order valence-electron chi connectivity index (χ2n) is 5.41. The van der Waals surface area contributed by atoms with Crippen molar-refractivity contribution < 1.29 is 20.1 Å². The number of nitrogen functional groups attached to an aromatic ring is 1. The maximum atomic E-state index is 11.7. The molecule has 0 aliphatic carbocycles. The lowest BCUT2D eigenvalue weighted by molar-refractivity contribution is -0.0511. The number of hydrogen-bond acceptors (Lipinski definition) is 10. The Bertz CT molecular complexity index is 888. The van der Waals surface area contributed by atoms with Crippen molar-refractivity contribution in [2.75, 3.05) is 12.3 Å². The number of aliphatic hydroxyl groups excluding tert-OH is 3. The van der Waals surface area contributed by atoms with Crippen LogP contribution in [0.3, 0.4) is 0 Å². The molecule has 0 aromatic carbocycles. The molecule has 4 atom stereocenters. The maximum absolute atomic E-state index is 11.7. The first-order valence-electron chi connectivity index (χ1n) is 7.57. The Labute approximate surface area is 146 Å². The van der Waals surface area contributed by atoms with Crippen LogP contribution >= 0.6 is 0 Å². The number of nitrogens with two attached hydrogens (primary N) is 1. The van der Waals surface area contributed by atoms with Crippen LogP contribution in [0.1, 0.15) is 6.23 Å². The molecule has 1 aliphatic rings. The van der Waals surface area contributed by atoms with Crippen LogP contribution in [0.15, 0.2) is 35.9 Å². The molecule has 1 saturated heterocycles. The summed E-state index contributed by atoms with van der Waals surface area (Å²) in [5.74, 6) is -0.101. The lowest BCUT2D eigenvalue weighted by Crippen LogP contribution is -2.33. The number of rotatable bonds is 2. The van der Waals surface area contributed by atoms with Gasteiger partial charge in [0.05, 0.1) is 12.9 Å². The van der Waals surface area contributed by atoms with Crippen molar-refractivity contribution in [3.05, 3.63) is 41.5 Å². The van der Waals surface area contributed by atoms with Crippen LogP contribution < -0.4 is 11.3 Å². The van der Waals surface area contributed by atoms with E-state index in [1.54, 1.807) is 18.5 Å². The summed E-state index contributed by atoms with van der Waals surface area (Å²) in [5, 5.41) is 28.7. The van der Waals surface area contributed by atoms with E-state index in [2.05, 4.69) is 24.9 Å². The lowest BCUT2D eigenvalue weighted by atomic mass is 10.1. The van der Waals surface area contributed by atoms with Gasteiger partial charge in [-0.15, -0.1) is 0 Å². The van der Waals surface area contributed by atoms with Gasteiger partial charge < -0.3 is 25.8 Å². The molecule has 1 fully saturated rings. The fraction of sp³-hybridized carbons (Fsp3) is 0.357. The van der Waals surface area contributed by atoms with Gasteiger partial charge >= 0.3 is 0 Å². The van der Waals surface area contributed by atoms with Crippen LogP contribution in [0.4, 0.5) is 5.95 Å². The van der Waals surface area contributed by atoms with Crippen LogP contribution in [0, 0.1) is 0 Å². The molecule has 26 heavy (non-hydrogen) atoms. The van der Waals surface area contributed by atoms with Crippen molar-refractivity contribution in [1.29, 1.82) is 0 Å². The van der Waals surface area contributed by atoms with Crippen molar-refractivity contribution in [2.24, 2.45) is 0 Å². The number of nitrogens with one attached hydrogen (secondary N) is 1. The first-order valence-corrected chi connectivity index (χ1v) is 7.57. The van der Waals surface area contributed by atoms with Crippen molar-refractivity contribution >= 4 is 17.1 Å². The topological polar surface area (TPSA) is 185 Å². The van der Waals surface area contributed by atoms with Crippen LogP contribution in [-0.2, 0) is 4.74 Å². The number of aliphatic hydroxyl groups is 3. The van der Waals surface area contributed by atoms with E-state index >= 15 is 0 Å². The van der Waals surface area contributed by atoms with E-state index in [0.29, 0.717) is 0 Å². The number of ether oxygens (including phenoxy) is 1. The molecule has 0 bridgehead atoms. The third-order valence-corrected chi connectivity index (χ3v) is 3.72. The Morgan fingerprint density at radius 1 is 1.27 bits per heavy atom. The van der Waals surface area contributed by atoms with Gasteiger partial charge in [-0.05, 0) is 6.07 Å². The van der Waals surface area contributed by atoms with E-state index in [9.17, 15) is 15.0 Å². The number of H-pyrrole nitrogens is 1. The van der Waals surface area contributed by atoms with Gasteiger partial charge in [-0.2, -0.15) is 4.98 Å². The Balaban J connectivity index is 0.000000278. The van der Waals surface area contributed by atoms with E-state index in [1.807, 2.05) is 0 Å². The Morgan fingerprint density at radius 3 is 2.54 bits per heavy atom. The number of anilines is 1. The summed E-state index contributed by atoms with van der Waals surface area (Å²) in [6.45, 7) is -0.447. The van der Waals surface area contributed by atoms with Gasteiger partial charge in [-0.3, -0.25) is 14.3 Å². The lowest BCUT2D eigenvalue weighted by Gasteiger charge is -2.16. The molecular formula is C14H17N7O5. The quantitative estimate of drug-likeness (QED) is 0.334. The summed E-state index contributed by atoms with van der Waals surface area (Å²) >= 11 is 0. The van der Waals surface area contributed by atoms with Gasteiger partial charge in [-0.1, -0.05) is 0 Å². The van der Waals surface area contributed by atoms with Crippen LogP contribution in [0.25, 0.3) is 11.2 Å². The standard InChI is InChI=1S/C10H13N5O5.C4H4N2/c11-10-13-7-4(8(19)14-10)12-2-15(7)9-6(18)5(17)3(1-16)20-9;1-2-5-4-6-3-1/h2-3,5-6,9,16-18H,1H2,(H3,11,13,14,19);1-4H. The van der Waals surface area contributed by atoms with E-state index in [0.717, 1.165) is 0 Å². The van der Waals surface area contributed by atoms with E-state index in [1.165, 1.54) is 17.2 Å². The van der Waals surface area contributed by atoms with Gasteiger partial charge in [-0.25, -0.2) is 15.0 Å². The minimum atomic E-state index is -1.29. The fourth-order valence-corrected chi connectivity index (χ4v) is 2.49. The van der Waals surface area contributed by atoms with E-state index in [-0.39, 0.29) is 17.1 Å². The molecule has 4 unspecified atom stereocenters. The minimum absolute atomic E-state index is 0.0388. The summed E-state index contributed by atoms with van der Waals surface area (Å²) < 4.78 is 6.64. The zero-order chi connectivity index (χ0) is 18.7. The average Bonchev–Trinajstić information content (AvgIpc) is 3.19. The molecule has 1 aliphatic heterocycles. The van der Waals surface area contributed by atoms with Crippen molar-refractivity contribution in [1.82, 2.24) is 29.5 Å². The first kappa shape index (κ1) is 17.9. The van der Waals surface area contributed by atoms with Crippen molar-refractivity contribution in [3.63, 3.8) is 0 Å². The fourth-order valence-electron chi connectivity index (χ4n) is 2.49. The molecule has 138 valence electrons. The molecule has 4 heterocycles. The minimum Gasteiger partial charge on any atom is -0.394 e. The molecule has 4 rings (SSSR count). The highest BCUT2D eigenvalue weighted by atomic mass is 16.6. The molecule has 3 aromatic rings. The number of aromatic nitrogens is 6. The monoisotopic (exact) mass is 363 g/mol. The summed E-state index contributed by atoms with van der Waals surface area (Å²) in [5.41, 5.74) is 5.12. The third kappa shape index (κ3) is 3.39. The molecular weight excluding hydrogens is 346 g/mol. The normalized spacial score (nSPS) is 25.0. The van der Waals surface area contributed by atoms with Crippen LogP contribution in [-0.4, -0.2) is 69.7 Å². The molecule has 12 nitrogen and oxygen atoms in total. The summed E-state index contributed by atoms with van der Waals surface area (Å²) in [6, 6.07) is 1.78. The number of hydrogen-bond donors (Lipinski definition) is 5. The van der Waals surface area contributed by atoms with Crippen LogP contribution in [0.2, 0.25) is 0 Å². The summed E-state index contributed by atoms with van der Waals surface area (Å²) in [6.07, 6.45) is 1.66. The number of aromatic amines is 1. The predicted molar refractivity (Wildman–Crippen MR) is 87.6 cm³/mol. The van der Waals surface area contributed by atoms with Gasteiger partial charge in [0.15, 0.2) is 17.4 Å². The van der Waals surface area contributed by atoms with Gasteiger partial charge in [0.2, 0.25) is 5.95 Å². The van der Waals surface area contributed by atoms with Crippen molar-refractivity contribution in [3.8, 4) is 0 Å². The van der Waals surface area contributed by atoms with E-state index < -0.39 is 36.7 Å². The Kier molecular flexibility index (Phi) is 5.18. The molecule has 0 radical (unpaired) electrons. The highest BCUT2D eigenvalue weighted by Crippen LogP contribution is 2.30. The largest absolute Gasteiger partial charge is 0.394 e. The molecule has 0 amide bonds. The first-order chi connectivity index (χ1) is 12.5. The van der Waals surface area contributed by atoms with Crippen molar-refractivity contribution in [2.45, 2.75) is 24.5 Å². The SMILES string of the molecule is Nc1nc2c(ncn2C2OC(CO)C(O)C2O)c(=O)[nH]1.c1cncnc1. The number of nitrogens with zero attached hydrogens (tertiary/aromatic N) is 5. The summed E-state index contributed by atoms with van der Waals surface area (Å²) in [4.78, 5) is 29.1. The second-order valence-corrected chi connectivity index (χ2v) is 5.41. The van der Waals surface area contributed by atoms with Crippen LogP contribution in [0.5, 0.6) is 0 Å². The maximum Gasteiger partial charge on any atom is 0.280 e. The van der Waals surface area contributed by atoms with Gasteiger partial charge in [0, 0.05) is 12.4 Å². The highest BCUT2D eigenvalue weighted by Gasteiger charge is 2.44. The summed E-state index contributed by atoms with van der Waals surface area (Å²) in [7, 11) is 0.